The van der Waals surface area contributed by atoms with Crippen molar-refractivity contribution in [1.82, 2.24) is 4.98 Å². The Morgan fingerprint density at radius 3 is 2.44 bits per heavy atom. The molecule has 2 N–H and O–H groups in total. The topological polar surface area (TPSA) is 101 Å². The molecule has 0 aliphatic heterocycles. The zero-order valence-electron chi connectivity index (χ0n) is 17.7. The Hall–Kier alpha value is -4.05. The van der Waals surface area contributed by atoms with E-state index in [4.69, 9.17) is 4.42 Å². The van der Waals surface area contributed by atoms with E-state index in [1.165, 1.54) is 54.7 Å². The minimum Gasteiger partial charge on any atom is -0.441 e. The molecule has 0 atom stereocenters. The molecule has 174 valence electrons. The molecule has 0 aliphatic rings. The van der Waals surface area contributed by atoms with E-state index in [0.717, 1.165) is 6.07 Å². The van der Waals surface area contributed by atoms with Crippen molar-refractivity contribution in [3.8, 4) is 11.3 Å². The normalized spacial score (nSPS) is 11.2. The number of benzene rings is 3. The minimum absolute atomic E-state index is 0.0461. The number of halogens is 2. The highest BCUT2D eigenvalue weighted by molar-refractivity contribution is 7.92. The van der Waals surface area contributed by atoms with Crippen molar-refractivity contribution in [2.75, 3.05) is 10.0 Å². The molecule has 0 spiro atoms. The van der Waals surface area contributed by atoms with Gasteiger partial charge in [0.25, 0.3) is 10.0 Å². The second-order valence-corrected chi connectivity index (χ2v) is 8.97. The molecule has 3 aromatic carbocycles. The van der Waals surface area contributed by atoms with Crippen LogP contribution in [-0.4, -0.2) is 19.3 Å². The summed E-state index contributed by atoms with van der Waals surface area (Å²) in [6.45, 7) is 0. The Balaban J connectivity index is 1.33. The number of nitrogens with one attached hydrogen (secondary N) is 2. The Morgan fingerprint density at radius 1 is 0.941 bits per heavy atom. The molecule has 1 amide bonds. The number of amides is 1. The maximum Gasteiger partial charge on any atom is 0.261 e. The molecule has 7 nitrogen and oxygen atoms in total. The van der Waals surface area contributed by atoms with Crippen molar-refractivity contribution in [3.05, 3.63) is 96.5 Å². The van der Waals surface area contributed by atoms with Crippen LogP contribution in [0.25, 0.3) is 11.3 Å². The summed E-state index contributed by atoms with van der Waals surface area (Å²) in [5.74, 6) is -0.763. The highest BCUT2D eigenvalue weighted by Crippen LogP contribution is 2.24. The Labute approximate surface area is 194 Å². The van der Waals surface area contributed by atoms with Gasteiger partial charge in [-0.2, -0.15) is 0 Å². The summed E-state index contributed by atoms with van der Waals surface area (Å²) in [4.78, 5) is 16.3. The third-order valence-corrected chi connectivity index (χ3v) is 6.18. The van der Waals surface area contributed by atoms with E-state index in [1.807, 2.05) is 0 Å². The van der Waals surface area contributed by atoms with E-state index >= 15 is 0 Å². The molecule has 10 heteroatoms. The molecule has 4 rings (SSSR count). The number of rotatable bonds is 8. The number of hydrogen-bond donors (Lipinski definition) is 2. The Kier molecular flexibility index (Phi) is 6.69. The van der Waals surface area contributed by atoms with Gasteiger partial charge < -0.3 is 9.73 Å². The lowest BCUT2D eigenvalue weighted by molar-refractivity contribution is -0.116. The summed E-state index contributed by atoms with van der Waals surface area (Å²) in [7, 11) is -3.92. The van der Waals surface area contributed by atoms with Crippen LogP contribution in [0.15, 0.2) is 88.3 Å². The van der Waals surface area contributed by atoms with Crippen LogP contribution in [0.5, 0.6) is 0 Å². The summed E-state index contributed by atoms with van der Waals surface area (Å²) in [6.07, 6.45) is 1.66. The maximum atomic E-state index is 13.9. The number of sulfonamides is 1. The van der Waals surface area contributed by atoms with E-state index in [1.54, 1.807) is 18.2 Å². The molecule has 0 unspecified atom stereocenters. The van der Waals surface area contributed by atoms with Crippen LogP contribution in [0.4, 0.5) is 20.2 Å². The first kappa shape index (κ1) is 23.1. The lowest BCUT2D eigenvalue weighted by atomic mass is 10.2. The molecular weight excluding hydrogens is 464 g/mol. The molecule has 1 aromatic heterocycles. The first-order chi connectivity index (χ1) is 16.3. The number of aromatic nitrogens is 1. The first-order valence-electron chi connectivity index (χ1n) is 10.2. The predicted molar refractivity (Wildman–Crippen MR) is 122 cm³/mol. The third-order valence-electron chi connectivity index (χ3n) is 4.78. The van der Waals surface area contributed by atoms with Crippen LogP contribution >= 0.6 is 0 Å². The SMILES string of the molecule is O=C(CCc1ncc(-c2ccccc2F)o1)Nc1ccc(S(=O)(=O)Nc2cccc(F)c2)cc1. The lowest BCUT2D eigenvalue weighted by Crippen LogP contribution is -2.14. The number of oxazole rings is 1. The fourth-order valence-electron chi connectivity index (χ4n) is 3.14. The lowest BCUT2D eigenvalue weighted by Gasteiger charge is -2.09. The van der Waals surface area contributed by atoms with Crippen molar-refractivity contribution in [1.29, 1.82) is 0 Å². The summed E-state index contributed by atoms with van der Waals surface area (Å²) >= 11 is 0. The second-order valence-electron chi connectivity index (χ2n) is 7.29. The summed E-state index contributed by atoms with van der Waals surface area (Å²) in [6, 6.07) is 16.8. The van der Waals surface area contributed by atoms with Crippen molar-refractivity contribution in [2.45, 2.75) is 17.7 Å². The summed E-state index contributed by atoms with van der Waals surface area (Å²) < 4.78 is 59.9. The van der Waals surface area contributed by atoms with Crippen LogP contribution in [0, 0.1) is 11.6 Å². The fourth-order valence-corrected chi connectivity index (χ4v) is 4.19. The van der Waals surface area contributed by atoms with Gasteiger partial charge in [-0.15, -0.1) is 0 Å². The van der Waals surface area contributed by atoms with Gasteiger partial charge in [0.05, 0.1) is 22.3 Å². The van der Waals surface area contributed by atoms with Gasteiger partial charge in [0.1, 0.15) is 11.6 Å². The third kappa shape index (κ3) is 5.65. The Bertz CT molecular complexity index is 1420. The number of aryl methyl sites for hydroxylation is 1. The van der Waals surface area contributed by atoms with Crippen molar-refractivity contribution in [3.63, 3.8) is 0 Å². The van der Waals surface area contributed by atoms with Crippen molar-refractivity contribution >= 4 is 27.3 Å². The van der Waals surface area contributed by atoms with Crippen LogP contribution in [0.3, 0.4) is 0 Å². The van der Waals surface area contributed by atoms with E-state index in [0.29, 0.717) is 11.6 Å². The van der Waals surface area contributed by atoms with E-state index in [2.05, 4.69) is 15.0 Å². The van der Waals surface area contributed by atoms with Gasteiger partial charge in [-0.25, -0.2) is 22.2 Å². The molecule has 1 heterocycles. The first-order valence-corrected chi connectivity index (χ1v) is 11.7. The maximum absolute atomic E-state index is 13.9. The molecule has 0 aliphatic carbocycles. The largest absolute Gasteiger partial charge is 0.441 e. The second kappa shape index (κ2) is 9.84. The van der Waals surface area contributed by atoms with Crippen LogP contribution in [0.2, 0.25) is 0 Å². The van der Waals surface area contributed by atoms with Gasteiger partial charge in [0.2, 0.25) is 5.91 Å². The monoisotopic (exact) mass is 483 g/mol. The standard InChI is InChI=1S/C24H19F2N3O4S/c25-16-4-3-5-18(14-16)29-34(31,32)19-10-8-17(9-11-19)28-23(30)12-13-24-27-15-22(33-24)20-6-1-2-7-21(20)26/h1-11,14-15,29H,12-13H2,(H,28,30). The predicted octanol–water partition coefficient (Wildman–Crippen LogP) is 4.99. The molecule has 4 aromatic rings. The summed E-state index contributed by atoms with van der Waals surface area (Å²) in [5, 5.41) is 2.66. The Morgan fingerprint density at radius 2 is 1.71 bits per heavy atom. The number of carbonyl (C=O) groups excluding carboxylic acids is 1. The number of carbonyl (C=O) groups is 1. The van der Waals surface area contributed by atoms with Gasteiger partial charge in [-0.1, -0.05) is 18.2 Å². The van der Waals surface area contributed by atoms with Crippen LogP contribution in [0.1, 0.15) is 12.3 Å². The zero-order valence-corrected chi connectivity index (χ0v) is 18.5. The van der Waals surface area contributed by atoms with Gasteiger partial charge >= 0.3 is 0 Å². The number of anilines is 2. The van der Waals surface area contributed by atoms with Gasteiger partial charge in [-0.05, 0) is 54.6 Å². The van der Waals surface area contributed by atoms with Crippen LogP contribution in [-0.2, 0) is 21.2 Å². The average Bonchev–Trinajstić information content (AvgIpc) is 3.27. The molecule has 0 radical (unpaired) electrons. The molecule has 0 saturated carbocycles. The molecule has 0 saturated heterocycles. The minimum atomic E-state index is -3.92. The summed E-state index contributed by atoms with van der Waals surface area (Å²) in [5.41, 5.74) is 0.781. The smallest absolute Gasteiger partial charge is 0.261 e. The fraction of sp³-hybridized carbons (Fsp3) is 0.0833. The molecule has 0 fully saturated rings. The molecule has 0 bridgehead atoms. The van der Waals surface area contributed by atoms with Crippen LogP contribution < -0.4 is 10.0 Å². The highest BCUT2D eigenvalue weighted by atomic mass is 32.2. The van der Waals surface area contributed by atoms with Gasteiger partial charge in [0.15, 0.2) is 11.7 Å². The van der Waals surface area contributed by atoms with Gasteiger partial charge in [-0.3, -0.25) is 9.52 Å². The highest BCUT2D eigenvalue weighted by Gasteiger charge is 2.15. The van der Waals surface area contributed by atoms with E-state index in [9.17, 15) is 22.0 Å². The van der Waals surface area contributed by atoms with E-state index < -0.39 is 21.7 Å². The van der Waals surface area contributed by atoms with Crippen molar-refractivity contribution in [2.24, 2.45) is 0 Å². The zero-order chi connectivity index (χ0) is 24.1. The van der Waals surface area contributed by atoms with E-state index in [-0.39, 0.29) is 40.7 Å². The average molecular weight is 483 g/mol. The van der Waals surface area contributed by atoms with Gasteiger partial charge in [0, 0.05) is 18.5 Å². The molecule has 34 heavy (non-hydrogen) atoms. The number of hydrogen-bond acceptors (Lipinski definition) is 5. The molecular formula is C24H19F2N3O4S. The number of nitrogens with zero attached hydrogens (tertiary/aromatic N) is 1. The quantitative estimate of drug-likeness (QED) is 0.368. The van der Waals surface area contributed by atoms with Crippen molar-refractivity contribution < 1.29 is 26.4 Å².